The van der Waals surface area contributed by atoms with E-state index in [9.17, 15) is 9.59 Å². The van der Waals surface area contributed by atoms with Gasteiger partial charge in [0.2, 0.25) is 5.91 Å². The number of nitrogens with one attached hydrogen (secondary N) is 1. The number of benzene rings is 3. The number of hydrogen-bond donors (Lipinski definition) is 1. The molecule has 0 fully saturated rings. The lowest BCUT2D eigenvalue weighted by atomic mass is 9.78. The number of amides is 1. The number of carbonyl (C=O) groups excluding carboxylic acids is 2. The number of esters is 1. The van der Waals surface area contributed by atoms with Gasteiger partial charge in [-0.3, -0.25) is 4.79 Å². The summed E-state index contributed by atoms with van der Waals surface area (Å²) in [7, 11) is 0. The van der Waals surface area contributed by atoms with Crippen LogP contribution in [0.15, 0.2) is 78.9 Å². The summed E-state index contributed by atoms with van der Waals surface area (Å²) in [5, 5.41) is 4.14. The smallest absolute Gasteiger partial charge is 0.329 e. The van der Waals surface area contributed by atoms with Crippen LogP contribution in [0.4, 0.5) is 0 Å². The number of nitrogens with zero attached hydrogens (tertiary/aromatic N) is 1. The summed E-state index contributed by atoms with van der Waals surface area (Å²) in [5.41, 5.74) is 5.44. The summed E-state index contributed by atoms with van der Waals surface area (Å²) >= 11 is 6.71. The van der Waals surface area contributed by atoms with Crippen molar-refractivity contribution in [2.75, 3.05) is 0 Å². The van der Waals surface area contributed by atoms with Gasteiger partial charge in [0.15, 0.2) is 0 Å². The maximum Gasteiger partial charge on any atom is 0.329 e. The molecule has 4 rings (SSSR count). The summed E-state index contributed by atoms with van der Waals surface area (Å²) in [6, 6.07) is 25.1. The molecule has 1 heterocycles. The molecule has 220 valence electrons. The first-order chi connectivity index (χ1) is 19.7. The molecule has 0 saturated heterocycles. The van der Waals surface area contributed by atoms with Gasteiger partial charge in [0.25, 0.3) is 0 Å². The number of pyridine rings is 1. The van der Waals surface area contributed by atoms with Gasteiger partial charge >= 0.3 is 5.97 Å². The summed E-state index contributed by atoms with van der Waals surface area (Å²) in [4.78, 5) is 30.6. The molecule has 5 nitrogen and oxygen atoms in total. The van der Waals surface area contributed by atoms with Gasteiger partial charge in [0.05, 0.1) is 5.52 Å². The third-order valence-electron chi connectivity index (χ3n) is 7.42. The van der Waals surface area contributed by atoms with E-state index in [0.717, 1.165) is 38.7 Å². The molecule has 1 amide bonds. The molecular weight excluding hydrogens is 544 g/mol. The second-order valence-corrected chi connectivity index (χ2v) is 13.4. The van der Waals surface area contributed by atoms with Gasteiger partial charge in [0.1, 0.15) is 17.3 Å². The highest BCUT2D eigenvalue weighted by atomic mass is 35.5. The van der Waals surface area contributed by atoms with Crippen LogP contribution in [0.2, 0.25) is 5.15 Å². The number of rotatable bonds is 8. The van der Waals surface area contributed by atoms with E-state index < -0.39 is 18.1 Å². The van der Waals surface area contributed by atoms with Crippen molar-refractivity contribution in [1.29, 1.82) is 0 Å². The molecule has 0 unspecified atom stereocenters. The van der Waals surface area contributed by atoms with Gasteiger partial charge in [-0.05, 0) is 50.8 Å². The molecular formula is C36H41ClN2O3. The first kappa shape index (κ1) is 31.2. The van der Waals surface area contributed by atoms with Crippen molar-refractivity contribution in [2.24, 2.45) is 0 Å². The maximum atomic E-state index is 13.8. The van der Waals surface area contributed by atoms with Crippen LogP contribution in [0.5, 0.6) is 0 Å². The van der Waals surface area contributed by atoms with E-state index in [1.54, 1.807) is 0 Å². The monoisotopic (exact) mass is 584 g/mol. The zero-order valence-electron chi connectivity index (χ0n) is 25.6. The summed E-state index contributed by atoms with van der Waals surface area (Å²) in [6.45, 7) is 14.5. The third kappa shape index (κ3) is 7.98. The highest BCUT2D eigenvalue weighted by molar-refractivity contribution is 6.30. The second-order valence-electron chi connectivity index (χ2n) is 13.0. The van der Waals surface area contributed by atoms with Crippen molar-refractivity contribution in [1.82, 2.24) is 10.3 Å². The maximum absolute atomic E-state index is 13.8. The summed E-state index contributed by atoms with van der Waals surface area (Å²) in [6.07, 6.45) is -0.00885. The zero-order valence-corrected chi connectivity index (χ0v) is 26.4. The largest absolute Gasteiger partial charge is 0.456 e. The van der Waals surface area contributed by atoms with Crippen LogP contribution in [0.3, 0.4) is 0 Å². The fourth-order valence-electron chi connectivity index (χ4n) is 4.92. The Morgan fingerprint density at radius 2 is 1.43 bits per heavy atom. The number of para-hydroxylation sites is 1. The van der Waals surface area contributed by atoms with Crippen molar-refractivity contribution in [3.8, 4) is 0 Å². The lowest BCUT2D eigenvalue weighted by Gasteiger charge is -2.29. The minimum absolute atomic E-state index is 0.126. The number of carbonyl (C=O) groups is 2. The van der Waals surface area contributed by atoms with E-state index in [2.05, 4.69) is 70.0 Å². The Balaban J connectivity index is 1.79. The number of halogens is 1. The average molecular weight is 585 g/mol. The summed E-state index contributed by atoms with van der Waals surface area (Å²) < 4.78 is 6.34. The van der Waals surface area contributed by atoms with E-state index in [0.29, 0.717) is 18.0 Å². The number of aromatic nitrogens is 1. The van der Waals surface area contributed by atoms with Crippen LogP contribution in [0.25, 0.3) is 10.9 Å². The van der Waals surface area contributed by atoms with Crippen LogP contribution in [0, 0.1) is 0 Å². The van der Waals surface area contributed by atoms with Gasteiger partial charge < -0.3 is 10.1 Å². The quantitative estimate of drug-likeness (QED) is 0.168. The molecule has 6 heteroatoms. The summed E-state index contributed by atoms with van der Waals surface area (Å²) in [5.74, 6) is -0.793. The van der Waals surface area contributed by atoms with Crippen LogP contribution in [-0.2, 0) is 38.0 Å². The highest BCUT2D eigenvalue weighted by Crippen LogP contribution is 2.35. The van der Waals surface area contributed by atoms with Crippen LogP contribution < -0.4 is 5.32 Å². The molecule has 0 aliphatic rings. The van der Waals surface area contributed by atoms with Crippen LogP contribution in [-0.4, -0.2) is 22.9 Å². The van der Waals surface area contributed by atoms with Gasteiger partial charge in [-0.1, -0.05) is 120 Å². The predicted octanol–water partition coefficient (Wildman–Crippen LogP) is 8.06. The molecule has 1 aromatic heterocycles. The molecule has 0 saturated carbocycles. The van der Waals surface area contributed by atoms with E-state index >= 15 is 0 Å². The first-order valence-electron chi connectivity index (χ1n) is 14.4. The number of ether oxygens (including phenoxy) is 1. The second kappa shape index (κ2) is 12.7. The standard InChI is InChI=1S/C36H41ClN2O3/c1-23(40)38-31(17-24-13-9-8-10-14-24)34(41)42-32(21-27-18-25-15-11-12-16-30(25)39-33(27)37)26-19-28(35(2,3)4)22-29(20-26)36(5,6)7/h8-16,18-20,22,31-32H,17,21H2,1-7H3,(H,38,40)/t31-,32+/m0/s1. The zero-order chi connectivity index (χ0) is 30.7. The molecule has 3 aromatic carbocycles. The van der Waals surface area contributed by atoms with E-state index in [-0.39, 0.29) is 16.7 Å². The lowest BCUT2D eigenvalue weighted by molar-refractivity contribution is -0.153. The van der Waals surface area contributed by atoms with Crippen molar-refractivity contribution < 1.29 is 14.3 Å². The Morgan fingerprint density at radius 3 is 2.02 bits per heavy atom. The Morgan fingerprint density at radius 1 is 0.833 bits per heavy atom. The molecule has 0 radical (unpaired) electrons. The average Bonchev–Trinajstić information content (AvgIpc) is 2.91. The molecule has 42 heavy (non-hydrogen) atoms. The minimum atomic E-state index is -0.842. The van der Waals surface area contributed by atoms with Gasteiger partial charge in [-0.25, -0.2) is 9.78 Å². The van der Waals surface area contributed by atoms with Crippen molar-refractivity contribution in [3.05, 3.63) is 112 Å². The van der Waals surface area contributed by atoms with Gasteiger partial charge in [-0.2, -0.15) is 0 Å². The highest BCUT2D eigenvalue weighted by Gasteiger charge is 2.29. The van der Waals surface area contributed by atoms with E-state index in [1.807, 2.05) is 60.7 Å². The molecule has 0 spiro atoms. The molecule has 0 aliphatic carbocycles. The first-order valence-corrected chi connectivity index (χ1v) is 14.8. The Labute approximate surface area is 254 Å². The number of hydrogen-bond acceptors (Lipinski definition) is 4. The lowest BCUT2D eigenvalue weighted by Crippen LogP contribution is -2.43. The fourth-order valence-corrected chi connectivity index (χ4v) is 5.14. The van der Waals surface area contributed by atoms with Crippen molar-refractivity contribution >= 4 is 34.4 Å². The van der Waals surface area contributed by atoms with Crippen molar-refractivity contribution in [2.45, 2.75) is 84.3 Å². The molecule has 0 aliphatic heterocycles. The molecule has 1 N–H and O–H groups in total. The SMILES string of the molecule is CC(=O)N[C@@H](Cc1ccccc1)C(=O)O[C@H](Cc1cc2ccccc2nc1Cl)c1cc(C(C)(C)C)cc(C(C)(C)C)c1. The topological polar surface area (TPSA) is 68.3 Å². The van der Waals surface area contributed by atoms with Gasteiger partial charge in [0, 0.05) is 25.2 Å². The molecule has 0 bridgehead atoms. The Kier molecular flexibility index (Phi) is 9.42. The van der Waals surface area contributed by atoms with E-state index in [4.69, 9.17) is 16.3 Å². The third-order valence-corrected chi connectivity index (χ3v) is 7.74. The van der Waals surface area contributed by atoms with Crippen LogP contribution in [0.1, 0.15) is 82.4 Å². The number of fused-ring (bicyclic) bond motifs is 1. The minimum Gasteiger partial charge on any atom is -0.456 e. The Hall–Kier alpha value is -3.70. The molecule has 2 atom stereocenters. The van der Waals surface area contributed by atoms with Crippen LogP contribution >= 0.6 is 11.6 Å². The van der Waals surface area contributed by atoms with Crippen molar-refractivity contribution in [3.63, 3.8) is 0 Å². The van der Waals surface area contributed by atoms with E-state index in [1.165, 1.54) is 6.92 Å². The van der Waals surface area contributed by atoms with Gasteiger partial charge in [-0.15, -0.1) is 0 Å². The molecule has 4 aromatic rings. The normalized spacial score (nSPS) is 13.4. The predicted molar refractivity (Wildman–Crippen MR) is 171 cm³/mol. The Bertz CT molecular complexity index is 1540. The fraction of sp³-hybridized carbons (Fsp3) is 0.361.